The van der Waals surface area contributed by atoms with E-state index in [0.717, 1.165) is 5.56 Å². The predicted molar refractivity (Wildman–Crippen MR) is 94.0 cm³/mol. The van der Waals surface area contributed by atoms with E-state index in [4.69, 9.17) is 18.9 Å². The third kappa shape index (κ3) is 1.96. The molecule has 0 spiro atoms. The Hall–Kier alpha value is -3.22. The first-order chi connectivity index (χ1) is 13.0. The van der Waals surface area contributed by atoms with Crippen molar-refractivity contribution < 1.29 is 28.5 Å². The number of benzene rings is 2. The van der Waals surface area contributed by atoms with Gasteiger partial charge in [-0.15, -0.1) is 0 Å². The van der Waals surface area contributed by atoms with Crippen molar-refractivity contribution in [2.45, 2.75) is 12.0 Å². The van der Waals surface area contributed by atoms with Crippen molar-refractivity contribution in [1.82, 2.24) is 4.90 Å². The predicted octanol–water partition coefficient (Wildman–Crippen LogP) is 2.54. The molecule has 0 radical (unpaired) electrons. The molecule has 2 heterocycles. The van der Waals surface area contributed by atoms with Gasteiger partial charge in [-0.1, -0.05) is 0 Å². The van der Waals surface area contributed by atoms with Crippen LogP contribution < -0.4 is 18.9 Å². The smallest absolute Gasteiger partial charge is 0.254 e. The van der Waals surface area contributed by atoms with Crippen molar-refractivity contribution in [2.24, 2.45) is 0 Å². The quantitative estimate of drug-likeness (QED) is 0.812. The van der Waals surface area contributed by atoms with Crippen LogP contribution in [0.3, 0.4) is 0 Å². The molecule has 0 saturated heterocycles. The summed E-state index contributed by atoms with van der Waals surface area (Å²) in [6.07, 6.45) is 0. The molecule has 2 aliphatic heterocycles. The van der Waals surface area contributed by atoms with Crippen molar-refractivity contribution in [3.8, 4) is 23.0 Å². The zero-order valence-electron chi connectivity index (χ0n) is 15.1. The number of Topliss-reactive ketones (excluding diaryl/α,β-unsaturated/α-hetero) is 1. The van der Waals surface area contributed by atoms with Crippen LogP contribution >= 0.6 is 0 Å². The van der Waals surface area contributed by atoms with E-state index < -0.39 is 5.92 Å². The number of ketones is 1. The van der Waals surface area contributed by atoms with E-state index in [9.17, 15) is 9.59 Å². The van der Waals surface area contributed by atoms with E-state index in [1.807, 2.05) is 6.07 Å². The number of rotatable bonds is 2. The standard InChI is InChI=1S/C20H17NO6/c1-21-18-10-5-15-16(27-8-26-15)6-11(10)19(22)17(18)9-4-13(24-2)14(25-3)7-12(9)20(21)23/h4-7,17-18H,8H2,1-3H3/t17-,18-/m0/s1. The number of fused-ring (bicyclic) bond motifs is 6. The fourth-order valence-electron chi connectivity index (χ4n) is 4.30. The van der Waals surface area contributed by atoms with Crippen LogP contribution in [0.2, 0.25) is 0 Å². The molecule has 5 rings (SSSR count). The van der Waals surface area contributed by atoms with Crippen LogP contribution in [-0.2, 0) is 0 Å². The Labute approximate surface area is 155 Å². The molecule has 1 aliphatic carbocycles. The molecule has 3 aliphatic rings. The van der Waals surface area contributed by atoms with Gasteiger partial charge in [-0.05, 0) is 35.4 Å². The number of amides is 1. The number of methoxy groups -OCH3 is 2. The lowest BCUT2D eigenvalue weighted by Crippen LogP contribution is -2.39. The molecular formula is C20H17NO6. The van der Waals surface area contributed by atoms with Gasteiger partial charge in [0.25, 0.3) is 5.91 Å². The summed E-state index contributed by atoms with van der Waals surface area (Å²) in [6.45, 7) is 0.134. The molecule has 7 nitrogen and oxygen atoms in total. The summed E-state index contributed by atoms with van der Waals surface area (Å²) < 4.78 is 21.6. The molecule has 2 aromatic rings. The minimum atomic E-state index is -0.500. The summed E-state index contributed by atoms with van der Waals surface area (Å²) in [5, 5.41) is 0. The number of hydrogen-bond acceptors (Lipinski definition) is 6. The van der Waals surface area contributed by atoms with E-state index in [1.54, 1.807) is 30.1 Å². The second kappa shape index (κ2) is 5.39. The van der Waals surface area contributed by atoms with Gasteiger partial charge in [0.05, 0.1) is 26.2 Å². The highest BCUT2D eigenvalue weighted by atomic mass is 16.7. The van der Waals surface area contributed by atoms with Gasteiger partial charge in [0, 0.05) is 18.2 Å². The Kier molecular flexibility index (Phi) is 3.19. The van der Waals surface area contributed by atoms with Crippen LogP contribution in [0.5, 0.6) is 23.0 Å². The van der Waals surface area contributed by atoms with E-state index >= 15 is 0 Å². The normalized spacial score (nSPS) is 21.7. The molecule has 2 aromatic carbocycles. The lowest BCUT2D eigenvalue weighted by molar-refractivity contribution is 0.0665. The van der Waals surface area contributed by atoms with Gasteiger partial charge in [-0.25, -0.2) is 0 Å². The molecule has 0 bridgehead atoms. The molecule has 0 fully saturated rings. The molecule has 0 aromatic heterocycles. The third-order valence-corrected chi connectivity index (χ3v) is 5.59. The zero-order valence-corrected chi connectivity index (χ0v) is 15.1. The van der Waals surface area contributed by atoms with Gasteiger partial charge >= 0.3 is 0 Å². The van der Waals surface area contributed by atoms with Crippen LogP contribution in [0.25, 0.3) is 0 Å². The van der Waals surface area contributed by atoms with Crippen LogP contribution in [0.4, 0.5) is 0 Å². The van der Waals surface area contributed by atoms with Crippen LogP contribution in [-0.4, -0.2) is 44.7 Å². The minimum Gasteiger partial charge on any atom is -0.493 e. The van der Waals surface area contributed by atoms with Gasteiger partial charge in [-0.3, -0.25) is 9.59 Å². The first kappa shape index (κ1) is 16.0. The highest BCUT2D eigenvalue weighted by molar-refractivity contribution is 6.11. The fourth-order valence-corrected chi connectivity index (χ4v) is 4.30. The number of carbonyl (C=O) groups excluding carboxylic acids is 2. The second-order valence-corrected chi connectivity index (χ2v) is 6.79. The maximum absolute atomic E-state index is 13.3. The maximum atomic E-state index is 13.3. The molecule has 2 atom stereocenters. The average molecular weight is 367 g/mol. The second-order valence-electron chi connectivity index (χ2n) is 6.79. The maximum Gasteiger partial charge on any atom is 0.254 e. The van der Waals surface area contributed by atoms with Crippen molar-refractivity contribution in [3.05, 3.63) is 46.5 Å². The summed E-state index contributed by atoms with van der Waals surface area (Å²) in [6, 6.07) is 6.53. The Morgan fingerprint density at radius 3 is 2.30 bits per heavy atom. The van der Waals surface area contributed by atoms with E-state index in [0.29, 0.717) is 39.7 Å². The fraction of sp³-hybridized carbons (Fsp3) is 0.300. The lowest BCUT2D eigenvalue weighted by atomic mass is 9.83. The monoisotopic (exact) mass is 367 g/mol. The minimum absolute atomic E-state index is 0.0406. The van der Waals surface area contributed by atoms with Gasteiger partial charge in [-0.2, -0.15) is 0 Å². The van der Waals surface area contributed by atoms with Crippen molar-refractivity contribution >= 4 is 11.7 Å². The molecule has 0 saturated carbocycles. The molecule has 1 amide bonds. The number of carbonyl (C=O) groups is 2. The van der Waals surface area contributed by atoms with Crippen LogP contribution in [0.15, 0.2) is 24.3 Å². The third-order valence-electron chi connectivity index (χ3n) is 5.59. The van der Waals surface area contributed by atoms with Gasteiger partial charge in [0.15, 0.2) is 28.8 Å². The SMILES string of the molecule is COc1cc2c(cc1OC)[C@@H]1C(=O)c3cc4c(cc3[C@@H]1N(C)C2=O)OCO4. The molecule has 0 unspecified atom stereocenters. The molecule has 7 heteroatoms. The topological polar surface area (TPSA) is 74.3 Å². The summed E-state index contributed by atoms with van der Waals surface area (Å²) in [5.41, 5.74) is 2.46. The van der Waals surface area contributed by atoms with Gasteiger partial charge in [0.2, 0.25) is 6.79 Å². The Balaban J connectivity index is 1.73. The van der Waals surface area contributed by atoms with Crippen LogP contribution in [0.1, 0.15) is 43.8 Å². The summed E-state index contributed by atoms with van der Waals surface area (Å²) in [4.78, 5) is 27.9. The lowest BCUT2D eigenvalue weighted by Gasteiger charge is -2.36. The van der Waals surface area contributed by atoms with Crippen LogP contribution in [0, 0.1) is 0 Å². The van der Waals surface area contributed by atoms with E-state index in [-0.39, 0.29) is 24.5 Å². The van der Waals surface area contributed by atoms with E-state index in [2.05, 4.69) is 0 Å². The van der Waals surface area contributed by atoms with Gasteiger partial charge in [0.1, 0.15) is 0 Å². The van der Waals surface area contributed by atoms with Crippen molar-refractivity contribution in [3.63, 3.8) is 0 Å². The van der Waals surface area contributed by atoms with Gasteiger partial charge < -0.3 is 23.8 Å². The number of ether oxygens (including phenoxy) is 4. The number of likely N-dealkylation sites (N-methyl/N-ethyl adjacent to an activating group) is 1. The highest BCUT2D eigenvalue weighted by Crippen LogP contribution is 2.53. The van der Waals surface area contributed by atoms with E-state index in [1.165, 1.54) is 14.2 Å². The molecule has 27 heavy (non-hydrogen) atoms. The number of nitrogens with zero attached hydrogens (tertiary/aromatic N) is 1. The Morgan fingerprint density at radius 2 is 1.59 bits per heavy atom. The molecular weight excluding hydrogens is 350 g/mol. The first-order valence-corrected chi connectivity index (χ1v) is 8.56. The largest absolute Gasteiger partial charge is 0.493 e. The Morgan fingerprint density at radius 1 is 0.926 bits per heavy atom. The number of hydrogen-bond donors (Lipinski definition) is 0. The highest BCUT2D eigenvalue weighted by Gasteiger charge is 2.50. The Bertz CT molecular complexity index is 1010. The average Bonchev–Trinajstić information content (AvgIpc) is 3.25. The summed E-state index contributed by atoms with van der Waals surface area (Å²) >= 11 is 0. The van der Waals surface area contributed by atoms with Crippen molar-refractivity contribution in [1.29, 1.82) is 0 Å². The molecule has 138 valence electrons. The summed E-state index contributed by atoms with van der Waals surface area (Å²) in [5.74, 6) is 1.40. The first-order valence-electron chi connectivity index (χ1n) is 8.56. The van der Waals surface area contributed by atoms with Crippen molar-refractivity contribution in [2.75, 3.05) is 28.1 Å². The summed E-state index contributed by atoms with van der Waals surface area (Å²) in [7, 11) is 4.76. The molecule has 0 N–H and O–H groups in total. The zero-order chi connectivity index (χ0) is 18.9.